The Kier molecular flexibility index (Phi) is 5.49. The fraction of sp³-hybridized carbons (Fsp3) is 0.600. The molecule has 0 aliphatic carbocycles. The molecule has 0 atom stereocenters. The maximum Gasteiger partial charge on any atom is 0.0373 e. The molecule has 2 heteroatoms. The zero-order valence-corrected chi connectivity index (χ0v) is 11.5. The fourth-order valence-corrected chi connectivity index (χ4v) is 2.71. The van der Waals surface area contributed by atoms with Crippen LogP contribution in [0, 0.1) is 5.41 Å². The molecule has 1 spiro atoms. The van der Waals surface area contributed by atoms with E-state index in [1.54, 1.807) is 0 Å². The summed E-state index contributed by atoms with van der Waals surface area (Å²) in [6, 6.07) is 0. The summed E-state index contributed by atoms with van der Waals surface area (Å²) in [6.45, 7) is 13.3. The van der Waals surface area contributed by atoms with Crippen molar-refractivity contribution >= 4 is 0 Å². The summed E-state index contributed by atoms with van der Waals surface area (Å²) >= 11 is 0. The topological polar surface area (TPSA) is 24.1 Å². The van der Waals surface area contributed by atoms with E-state index in [4.69, 9.17) is 0 Å². The zero-order valence-electron chi connectivity index (χ0n) is 11.5. The first kappa shape index (κ1) is 14.0. The molecule has 96 valence electrons. The Morgan fingerprint density at radius 3 is 2.41 bits per heavy atom. The molecule has 2 nitrogen and oxygen atoms in total. The first-order chi connectivity index (χ1) is 8.32. The molecular formula is C15H26N2. The summed E-state index contributed by atoms with van der Waals surface area (Å²) in [7, 11) is 0. The van der Waals surface area contributed by atoms with Gasteiger partial charge in [0.05, 0.1) is 0 Å². The largest absolute Gasteiger partial charge is 0.384 e. The predicted molar refractivity (Wildman–Crippen MR) is 75.9 cm³/mol. The van der Waals surface area contributed by atoms with Crippen molar-refractivity contribution in [2.75, 3.05) is 19.6 Å². The second-order valence-corrected chi connectivity index (χ2v) is 4.42. The quantitative estimate of drug-likeness (QED) is 0.767. The van der Waals surface area contributed by atoms with Gasteiger partial charge in [-0.3, -0.25) is 0 Å². The van der Waals surface area contributed by atoms with Gasteiger partial charge in [0.25, 0.3) is 0 Å². The summed E-state index contributed by atoms with van der Waals surface area (Å²) in [5.74, 6) is 0. The van der Waals surface area contributed by atoms with Crippen molar-refractivity contribution < 1.29 is 0 Å². The van der Waals surface area contributed by atoms with E-state index in [0.29, 0.717) is 5.41 Å². The molecule has 0 saturated carbocycles. The van der Waals surface area contributed by atoms with Crippen LogP contribution in [-0.4, -0.2) is 19.6 Å². The van der Waals surface area contributed by atoms with Crippen molar-refractivity contribution in [3.8, 4) is 0 Å². The molecule has 17 heavy (non-hydrogen) atoms. The molecular weight excluding hydrogens is 208 g/mol. The second-order valence-electron chi connectivity index (χ2n) is 4.42. The van der Waals surface area contributed by atoms with Crippen LogP contribution in [-0.2, 0) is 0 Å². The number of hydrogen-bond acceptors (Lipinski definition) is 2. The molecule has 2 N–H and O–H groups in total. The van der Waals surface area contributed by atoms with Gasteiger partial charge < -0.3 is 10.6 Å². The van der Waals surface area contributed by atoms with E-state index >= 15 is 0 Å². The molecule has 0 aromatic carbocycles. The van der Waals surface area contributed by atoms with Crippen molar-refractivity contribution in [2.45, 2.75) is 33.6 Å². The Hall–Kier alpha value is -1.02. The van der Waals surface area contributed by atoms with Crippen LogP contribution >= 0.6 is 0 Å². The highest BCUT2D eigenvalue weighted by Crippen LogP contribution is 2.42. The standard InChI is InChI=1S/C13H20N2.C2H6/c1-3-5-11-12(4-2)15-10-13(11)6-8-14-9-7-13;1-2/h3-5,14-15H,2,6-10H2,1H3;1-2H3/b5-3-;. The van der Waals surface area contributed by atoms with Crippen molar-refractivity contribution in [2.24, 2.45) is 5.41 Å². The predicted octanol–water partition coefficient (Wildman–Crippen LogP) is 3.00. The highest BCUT2D eigenvalue weighted by molar-refractivity contribution is 5.41. The van der Waals surface area contributed by atoms with E-state index in [0.717, 1.165) is 19.6 Å². The minimum absolute atomic E-state index is 0.362. The molecule has 2 heterocycles. The van der Waals surface area contributed by atoms with E-state index < -0.39 is 0 Å². The molecule has 0 unspecified atom stereocenters. The first-order valence-corrected chi connectivity index (χ1v) is 6.77. The minimum atomic E-state index is 0.362. The van der Waals surface area contributed by atoms with Gasteiger partial charge in [0.2, 0.25) is 0 Å². The molecule has 0 radical (unpaired) electrons. The smallest absolute Gasteiger partial charge is 0.0373 e. The lowest BCUT2D eigenvalue weighted by Gasteiger charge is -2.34. The number of allylic oxidation sites excluding steroid dienone is 3. The van der Waals surface area contributed by atoms with Gasteiger partial charge in [0.1, 0.15) is 0 Å². The number of hydrogen-bond donors (Lipinski definition) is 2. The average Bonchev–Trinajstić information content (AvgIpc) is 2.72. The van der Waals surface area contributed by atoms with E-state index in [9.17, 15) is 0 Å². The Balaban J connectivity index is 0.000000686. The van der Waals surface area contributed by atoms with Gasteiger partial charge in [0.15, 0.2) is 0 Å². The Bertz CT molecular complexity index is 307. The van der Waals surface area contributed by atoms with Gasteiger partial charge in [-0.1, -0.05) is 32.6 Å². The molecule has 2 aliphatic heterocycles. The second kappa shape index (κ2) is 6.65. The monoisotopic (exact) mass is 234 g/mol. The summed E-state index contributed by atoms with van der Waals surface area (Å²) in [4.78, 5) is 0. The highest BCUT2D eigenvalue weighted by atomic mass is 15.0. The zero-order chi connectivity index (χ0) is 12.7. The lowest BCUT2D eigenvalue weighted by atomic mass is 9.74. The van der Waals surface area contributed by atoms with Gasteiger partial charge in [-0.25, -0.2) is 0 Å². The van der Waals surface area contributed by atoms with E-state index in [1.165, 1.54) is 24.1 Å². The third kappa shape index (κ3) is 2.81. The molecule has 2 rings (SSSR count). The number of rotatable bonds is 2. The third-order valence-electron chi connectivity index (χ3n) is 3.58. The molecule has 2 aliphatic rings. The van der Waals surface area contributed by atoms with Gasteiger partial charge >= 0.3 is 0 Å². The third-order valence-corrected chi connectivity index (χ3v) is 3.58. The number of nitrogens with one attached hydrogen (secondary N) is 2. The summed E-state index contributed by atoms with van der Waals surface area (Å²) < 4.78 is 0. The Morgan fingerprint density at radius 2 is 1.88 bits per heavy atom. The van der Waals surface area contributed by atoms with Gasteiger partial charge in [0, 0.05) is 17.7 Å². The van der Waals surface area contributed by atoms with Crippen molar-refractivity contribution in [1.82, 2.24) is 10.6 Å². The van der Waals surface area contributed by atoms with Gasteiger partial charge in [-0.15, -0.1) is 0 Å². The van der Waals surface area contributed by atoms with Crippen molar-refractivity contribution in [3.63, 3.8) is 0 Å². The molecule has 1 fully saturated rings. The van der Waals surface area contributed by atoms with E-state index in [-0.39, 0.29) is 0 Å². The van der Waals surface area contributed by atoms with E-state index in [1.807, 2.05) is 19.9 Å². The van der Waals surface area contributed by atoms with Gasteiger partial charge in [-0.2, -0.15) is 0 Å². The van der Waals surface area contributed by atoms with Crippen LogP contribution in [0.15, 0.2) is 36.1 Å². The minimum Gasteiger partial charge on any atom is -0.384 e. The van der Waals surface area contributed by atoms with Crippen LogP contribution in [0.1, 0.15) is 33.6 Å². The first-order valence-electron chi connectivity index (χ1n) is 6.77. The van der Waals surface area contributed by atoms with Crippen molar-refractivity contribution in [3.05, 3.63) is 36.1 Å². The molecule has 0 amide bonds. The molecule has 0 bridgehead atoms. The Morgan fingerprint density at radius 1 is 1.24 bits per heavy atom. The summed E-state index contributed by atoms with van der Waals surface area (Å²) in [6.07, 6.45) is 8.80. The van der Waals surface area contributed by atoms with Crippen molar-refractivity contribution in [1.29, 1.82) is 0 Å². The van der Waals surface area contributed by atoms with Crippen LogP contribution in [0.25, 0.3) is 0 Å². The lowest BCUT2D eigenvalue weighted by Crippen LogP contribution is -2.39. The van der Waals surface area contributed by atoms with Crippen LogP contribution < -0.4 is 10.6 Å². The van der Waals surface area contributed by atoms with Crippen LogP contribution in [0.2, 0.25) is 0 Å². The highest BCUT2D eigenvalue weighted by Gasteiger charge is 2.39. The van der Waals surface area contributed by atoms with Gasteiger partial charge in [-0.05, 0) is 44.5 Å². The van der Waals surface area contributed by atoms with Crippen LogP contribution in [0.3, 0.4) is 0 Å². The van der Waals surface area contributed by atoms with Crippen LogP contribution in [0.5, 0.6) is 0 Å². The summed E-state index contributed by atoms with van der Waals surface area (Å²) in [5, 5.41) is 6.92. The average molecular weight is 234 g/mol. The summed E-state index contributed by atoms with van der Waals surface area (Å²) in [5.41, 5.74) is 3.05. The van der Waals surface area contributed by atoms with Crippen LogP contribution in [0.4, 0.5) is 0 Å². The normalized spacial score (nSPS) is 22.3. The molecule has 1 saturated heterocycles. The molecule has 0 aromatic heterocycles. The maximum absolute atomic E-state index is 3.88. The fourth-order valence-electron chi connectivity index (χ4n) is 2.71. The number of piperidine rings is 1. The SMILES string of the molecule is C=CC1=C(/C=C\C)C2(CCNCC2)CN1.CC. The lowest BCUT2D eigenvalue weighted by molar-refractivity contribution is 0.273. The maximum atomic E-state index is 3.88. The molecule has 0 aromatic rings. The van der Waals surface area contributed by atoms with E-state index in [2.05, 4.69) is 36.3 Å². The Labute approximate surface area is 106 Å².